The van der Waals surface area contributed by atoms with Crippen LogP contribution in [0.4, 0.5) is 5.69 Å². The van der Waals surface area contributed by atoms with Crippen molar-refractivity contribution in [1.82, 2.24) is 4.98 Å². The largest absolute Gasteiger partial charge is 0.381 e. The summed E-state index contributed by atoms with van der Waals surface area (Å²) in [6, 6.07) is 16.9. The average molecular weight is 266 g/mol. The zero-order valence-corrected chi connectivity index (χ0v) is 11.5. The average Bonchev–Trinajstić information content (AvgIpc) is 2.93. The quantitative estimate of drug-likeness (QED) is 0.734. The summed E-state index contributed by atoms with van der Waals surface area (Å²) in [7, 11) is 1.72. The van der Waals surface area contributed by atoms with Crippen molar-refractivity contribution in [2.45, 2.75) is 13.2 Å². The summed E-state index contributed by atoms with van der Waals surface area (Å²) in [4.78, 5) is 3.20. The van der Waals surface area contributed by atoms with Crippen molar-refractivity contribution in [3.63, 3.8) is 0 Å². The van der Waals surface area contributed by atoms with Crippen LogP contribution in [-0.4, -0.2) is 12.1 Å². The fourth-order valence-corrected chi connectivity index (χ4v) is 2.36. The number of methoxy groups -OCH3 is 1. The van der Waals surface area contributed by atoms with E-state index in [1.807, 2.05) is 6.20 Å². The molecule has 2 N–H and O–H groups in total. The van der Waals surface area contributed by atoms with Gasteiger partial charge in [-0.25, -0.2) is 0 Å². The number of hydrogen-bond acceptors (Lipinski definition) is 2. The Labute approximate surface area is 118 Å². The SMILES string of the molecule is COCc1cccc(CNc2ccc3[nH]ccc3c2)c1. The maximum absolute atomic E-state index is 5.16. The highest BCUT2D eigenvalue weighted by atomic mass is 16.5. The van der Waals surface area contributed by atoms with Crippen LogP contribution in [0.3, 0.4) is 0 Å². The van der Waals surface area contributed by atoms with Crippen molar-refractivity contribution in [3.05, 3.63) is 65.9 Å². The number of rotatable bonds is 5. The van der Waals surface area contributed by atoms with Crippen LogP contribution >= 0.6 is 0 Å². The molecule has 1 aromatic heterocycles. The number of anilines is 1. The van der Waals surface area contributed by atoms with Crippen LogP contribution in [0.25, 0.3) is 10.9 Å². The maximum Gasteiger partial charge on any atom is 0.0713 e. The summed E-state index contributed by atoms with van der Waals surface area (Å²) >= 11 is 0. The lowest BCUT2D eigenvalue weighted by atomic mass is 10.1. The first-order chi connectivity index (χ1) is 9.85. The van der Waals surface area contributed by atoms with E-state index in [4.69, 9.17) is 4.74 Å². The highest BCUT2D eigenvalue weighted by Crippen LogP contribution is 2.18. The van der Waals surface area contributed by atoms with E-state index < -0.39 is 0 Å². The van der Waals surface area contributed by atoms with Crippen molar-refractivity contribution in [3.8, 4) is 0 Å². The van der Waals surface area contributed by atoms with Gasteiger partial charge < -0.3 is 15.0 Å². The van der Waals surface area contributed by atoms with Gasteiger partial charge in [-0.3, -0.25) is 0 Å². The van der Waals surface area contributed by atoms with Gasteiger partial charge in [-0.05, 0) is 35.4 Å². The Morgan fingerprint density at radius 3 is 2.85 bits per heavy atom. The predicted molar refractivity (Wildman–Crippen MR) is 82.8 cm³/mol. The smallest absolute Gasteiger partial charge is 0.0713 e. The molecule has 3 heteroatoms. The van der Waals surface area contributed by atoms with Crippen LogP contribution in [0.5, 0.6) is 0 Å². The van der Waals surface area contributed by atoms with Crippen LogP contribution in [0.1, 0.15) is 11.1 Å². The molecular weight excluding hydrogens is 248 g/mol. The molecule has 0 amide bonds. The zero-order chi connectivity index (χ0) is 13.8. The van der Waals surface area contributed by atoms with E-state index in [1.54, 1.807) is 7.11 Å². The molecular formula is C17H18N2O. The highest BCUT2D eigenvalue weighted by molar-refractivity contribution is 5.82. The third-order valence-electron chi connectivity index (χ3n) is 3.35. The molecule has 0 aliphatic carbocycles. The van der Waals surface area contributed by atoms with Gasteiger partial charge in [0.25, 0.3) is 0 Å². The van der Waals surface area contributed by atoms with E-state index in [1.165, 1.54) is 16.5 Å². The van der Waals surface area contributed by atoms with E-state index in [0.29, 0.717) is 6.61 Å². The molecule has 1 heterocycles. The molecule has 0 atom stereocenters. The zero-order valence-electron chi connectivity index (χ0n) is 11.5. The molecule has 0 spiro atoms. The monoisotopic (exact) mass is 266 g/mol. The topological polar surface area (TPSA) is 37.0 Å². The lowest BCUT2D eigenvalue weighted by Gasteiger charge is -2.08. The standard InChI is InChI=1S/C17H18N2O/c1-20-12-14-4-2-3-13(9-14)11-19-16-5-6-17-15(10-16)7-8-18-17/h2-10,18-19H,11-12H2,1H3. The summed E-state index contributed by atoms with van der Waals surface area (Å²) < 4.78 is 5.16. The Kier molecular flexibility index (Phi) is 3.70. The first kappa shape index (κ1) is 12.8. The van der Waals surface area contributed by atoms with E-state index in [2.05, 4.69) is 58.8 Å². The molecule has 0 saturated carbocycles. The minimum absolute atomic E-state index is 0.656. The lowest BCUT2D eigenvalue weighted by molar-refractivity contribution is 0.185. The molecule has 3 nitrogen and oxygen atoms in total. The Morgan fingerprint density at radius 2 is 1.95 bits per heavy atom. The van der Waals surface area contributed by atoms with Crippen molar-refractivity contribution in [1.29, 1.82) is 0 Å². The Hall–Kier alpha value is -2.26. The molecule has 0 fully saturated rings. The number of H-pyrrole nitrogens is 1. The van der Waals surface area contributed by atoms with E-state index in [9.17, 15) is 0 Å². The molecule has 102 valence electrons. The highest BCUT2D eigenvalue weighted by Gasteiger charge is 1.99. The van der Waals surface area contributed by atoms with E-state index in [-0.39, 0.29) is 0 Å². The van der Waals surface area contributed by atoms with Gasteiger partial charge in [-0.2, -0.15) is 0 Å². The van der Waals surface area contributed by atoms with E-state index >= 15 is 0 Å². The van der Waals surface area contributed by atoms with Crippen LogP contribution in [0.2, 0.25) is 0 Å². The summed E-state index contributed by atoms with van der Waals surface area (Å²) in [5, 5.41) is 4.68. The number of aromatic amines is 1. The maximum atomic E-state index is 5.16. The number of nitrogens with one attached hydrogen (secondary N) is 2. The van der Waals surface area contributed by atoms with Gasteiger partial charge in [0.1, 0.15) is 0 Å². The second-order valence-corrected chi connectivity index (χ2v) is 4.89. The van der Waals surface area contributed by atoms with Crippen molar-refractivity contribution in [2.24, 2.45) is 0 Å². The van der Waals surface area contributed by atoms with Gasteiger partial charge in [0, 0.05) is 36.4 Å². The Balaban J connectivity index is 1.70. The number of hydrogen-bond donors (Lipinski definition) is 2. The Morgan fingerprint density at radius 1 is 1.05 bits per heavy atom. The fourth-order valence-electron chi connectivity index (χ4n) is 2.36. The third kappa shape index (κ3) is 2.83. The molecule has 0 unspecified atom stereocenters. The normalized spacial score (nSPS) is 10.8. The minimum Gasteiger partial charge on any atom is -0.381 e. The molecule has 20 heavy (non-hydrogen) atoms. The van der Waals surface area contributed by atoms with Crippen molar-refractivity contribution < 1.29 is 4.74 Å². The number of ether oxygens (including phenoxy) is 1. The van der Waals surface area contributed by atoms with Gasteiger partial charge >= 0.3 is 0 Å². The van der Waals surface area contributed by atoms with Gasteiger partial charge in [0.05, 0.1) is 6.61 Å². The summed E-state index contributed by atoms with van der Waals surface area (Å²) in [5.41, 5.74) is 4.76. The molecule has 3 rings (SSSR count). The summed E-state index contributed by atoms with van der Waals surface area (Å²) in [6.07, 6.45) is 1.96. The number of benzene rings is 2. The van der Waals surface area contributed by atoms with Gasteiger partial charge in [-0.1, -0.05) is 24.3 Å². The Bertz CT molecular complexity index is 703. The second kappa shape index (κ2) is 5.80. The van der Waals surface area contributed by atoms with Crippen LogP contribution in [0.15, 0.2) is 54.7 Å². The van der Waals surface area contributed by atoms with Gasteiger partial charge in [0.2, 0.25) is 0 Å². The number of aromatic nitrogens is 1. The molecule has 2 aromatic carbocycles. The predicted octanol–water partition coefficient (Wildman–Crippen LogP) is 3.93. The second-order valence-electron chi connectivity index (χ2n) is 4.89. The summed E-state index contributed by atoms with van der Waals surface area (Å²) in [6.45, 7) is 1.47. The lowest BCUT2D eigenvalue weighted by Crippen LogP contribution is -2.00. The fraction of sp³-hybridized carbons (Fsp3) is 0.176. The first-order valence-corrected chi connectivity index (χ1v) is 6.73. The van der Waals surface area contributed by atoms with Gasteiger partial charge in [-0.15, -0.1) is 0 Å². The molecule has 3 aromatic rings. The molecule has 0 aliphatic heterocycles. The van der Waals surface area contributed by atoms with Crippen LogP contribution < -0.4 is 5.32 Å². The van der Waals surface area contributed by atoms with Crippen molar-refractivity contribution in [2.75, 3.05) is 12.4 Å². The molecule has 0 radical (unpaired) electrons. The molecule has 0 bridgehead atoms. The van der Waals surface area contributed by atoms with Gasteiger partial charge in [0.15, 0.2) is 0 Å². The first-order valence-electron chi connectivity index (χ1n) is 6.73. The summed E-state index contributed by atoms with van der Waals surface area (Å²) in [5.74, 6) is 0. The molecule has 0 aliphatic rings. The third-order valence-corrected chi connectivity index (χ3v) is 3.35. The van der Waals surface area contributed by atoms with Crippen LogP contribution in [-0.2, 0) is 17.9 Å². The van der Waals surface area contributed by atoms with E-state index in [0.717, 1.165) is 17.7 Å². The number of fused-ring (bicyclic) bond motifs is 1. The van der Waals surface area contributed by atoms with Crippen LogP contribution in [0, 0.1) is 0 Å². The molecule has 0 saturated heterocycles. The van der Waals surface area contributed by atoms with Crippen molar-refractivity contribution >= 4 is 16.6 Å². The minimum atomic E-state index is 0.656.